The zero-order chi connectivity index (χ0) is 22.5. The van der Waals surface area contributed by atoms with Gasteiger partial charge in [-0.05, 0) is 42.2 Å². The number of carbonyl (C=O) groups is 1. The molecule has 0 unspecified atom stereocenters. The zero-order valence-electron chi connectivity index (χ0n) is 17.6. The van der Waals surface area contributed by atoms with Gasteiger partial charge in [-0.15, -0.1) is 0 Å². The van der Waals surface area contributed by atoms with Crippen molar-refractivity contribution in [3.8, 4) is 5.75 Å². The predicted molar refractivity (Wildman–Crippen MR) is 113 cm³/mol. The Labute approximate surface area is 184 Å². The quantitative estimate of drug-likeness (QED) is 0.661. The molecule has 0 aromatic heterocycles. The average molecular weight is 444 g/mol. The third-order valence-corrected chi connectivity index (χ3v) is 6.91. The smallest absolute Gasteiger partial charge is 0.224 e. The molecule has 4 atom stereocenters. The van der Waals surface area contributed by atoms with Crippen LogP contribution in [0.2, 0.25) is 0 Å². The number of para-hydroxylation sites is 1. The summed E-state index contributed by atoms with van der Waals surface area (Å²) in [5.41, 5.74) is 1.57. The molecule has 32 heavy (non-hydrogen) atoms. The van der Waals surface area contributed by atoms with Gasteiger partial charge in [0.2, 0.25) is 5.91 Å². The van der Waals surface area contributed by atoms with Crippen molar-refractivity contribution in [2.24, 2.45) is 5.92 Å². The van der Waals surface area contributed by atoms with Gasteiger partial charge in [-0.1, -0.05) is 18.2 Å². The summed E-state index contributed by atoms with van der Waals surface area (Å²) in [6, 6.07) is 9.16. The van der Waals surface area contributed by atoms with Gasteiger partial charge >= 0.3 is 0 Å². The van der Waals surface area contributed by atoms with E-state index in [2.05, 4.69) is 5.32 Å². The van der Waals surface area contributed by atoms with E-state index in [1.54, 1.807) is 0 Å². The SMILES string of the molecule is O=C1CCc2cc([C@@H](O)CN3C[C@H]4C[C@H](Oc5c(F)cccc5F)C[C@@]4(O)C3)ccc2N1. The fraction of sp³-hybridized carbons (Fsp3) is 0.458. The summed E-state index contributed by atoms with van der Waals surface area (Å²) in [6.45, 7) is 1.32. The van der Waals surface area contributed by atoms with Crippen LogP contribution in [-0.2, 0) is 11.2 Å². The Bertz CT molecular complexity index is 1030. The first-order chi connectivity index (χ1) is 15.3. The number of aryl methyl sites for hydroxylation is 1. The van der Waals surface area contributed by atoms with E-state index >= 15 is 0 Å². The number of amides is 1. The summed E-state index contributed by atoms with van der Waals surface area (Å²) in [5, 5.41) is 24.7. The molecule has 0 bridgehead atoms. The van der Waals surface area contributed by atoms with Crippen LogP contribution in [0, 0.1) is 17.6 Å². The number of rotatable bonds is 5. The summed E-state index contributed by atoms with van der Waals surface area (Å²) in [4.78, 5) is 13.5. The maximum absolute atomic E-state index is 13.9. The lowest BCUT2D eigenvalue weighted by Crippen LogP contribution is -2.36. The van der Waals surface area contributed by atoms with E-state index in [9.17, 15) is 23.8 Å². The Hall–Kier alpha value is -2.55. The highest BCUT2D eigenvalue weighted by Crippen LogP contribution is 2.44. The molecule has 2 aliphatic heterocycles. The van der Waals surface area contributed by atoms with Gasteiger partial charge in [-0.2, -0.15) is 0 Å². The first kappa shape index (κ1) is 21.3. The Morgan fingerprint density at radius 1 is 1.22 bits per heavy atom. The molecule has 2 fully saturated rings. The van der Waals surface area contributed by atoms with Crippen LogP contribution >= 0.6 is 0 Å². The van der Waals surface area contributed by atoms with Gasteiger partial charge in [0.1, 0.15) is 6.10 Å². The Balaban J connectivity index is 1.20. The zero-order valence-corrected chi connectivity index (χ0v) is 17.6. The third kappa shape index (κ3) is 3.98. The number of nitrogens with one attached hydrogen (secondary N) is 1. The number of nitrogens with zero attached hydrogens (tertiary/aromatic N) is 1. The number of likely N-dealkylation sites (tertiary alicyclic amines) is 1. The molecule has 0 radical (unpaired) electrons. The fourth-order valence-corrected chi connectivity index (χ4v) is 5.33. The fourth-order valence-electron chi connectivity index (χ4n) is 5.33. The summed E-state index contributed by atoms with van der Waals surface area (Å²) in [7, 11) is 0. The Morgan fingerprint density at radius 2 is 2.00 bits per heavy atom. The molecule has 6 nitrogen and oxygen atoms in total. The topological polar surface area (TPSA) is 82.0 Å². The number of ether oxygens (including phenoxy) is 1. The molecular formula is C24H26F2N2O4. The van der Waals surface area contributed by atoms with E-state index < -0.39 is 35.2 Å². The highest BCUT2D eigenvalue weighted by Gasteiger charge is 2.53. The molecular weight excluding hydrogens is 418 g/mol. The number of β-amino-alcohol motifs (C(OH)–C–C–N with tert-alkyl or cyclic N) is 2. The maximum atomic E-state index is 13.9. The molecule has 0 spiro atoms. The van der Waals surface area contributed by atoms with Gasteiger partial charge in [-0.3, -0.25) is 9.69 Å². The third-order valence-electron chi connectivity index (χ3n) is 6.91. The van der Waals surface area contributed by atoms with Crippen LogP contribution < -0.4 is 10.1 Å². The lowest BCUT2D eigenvalue weighted by molar-refractivity contribution is -0.116. The summed E-state index contributed by atoms with van der Waals surface area (Å²) >= 11 is 0. The monoisotopic (exact) mass is 444 g/mol. The molecule has 1 saturated carbocycles. The van der Waals surface area contributed by atoms with Crippen LogP contribution in [0.4, 0.5) is 14.5 Å². The van der Waals surface area contributed by atoms with Gasteiger partial charge in [0.05, 0.1) is 11.7 Å². The predicted octanol–water partition coefficient (Wildman–Crippen LogP) is 2.79. The van der Waals surface area contributed by atoms with Gasteiger partial charge in [0.15, 0.2) is 17.4 Å². The van der Waals surface area contributed by atoms with E-state index in [-0.39, 0.29) is 18.2 Å². The number of halogens is 2. The molecule has 1 amide bonds. The summed E-state index contributed by atoms with van der Waals surface area (Å²) in [6.07, 6.45) is 0.690. The van der Waals surface area contributed by atoms with Gasteiger partial charge in [0, 0.05) is 44.1 Å². The molecule has 3 N–H and O–H groups in total. The van der Waals surface area contributed by atoms with Crippen LogP contribution in [0.25, 0.3) is 0 Å². The molecule has 2 aromatic rings. The van der Waals surface area contributed by atoms with Crippen molar-refractivity contribution in [1.29, 1.82) is 0 Å². The lowest BCUT2D eigenvalue weighted by atomic mass is 9.95. The minimum atomic E-state index is -1.01. The van der Waals surface area contributed by atoms with Crippen molar-refractivity contribution in [3.63, 3.8) is 0 Å². The average Bonchev–Trinajstić information content (AvgIpc) is 3.20. The number of carbonyl (C=O) groups excluding carboxylic acids is 1. The first-order valence-corrected chi connectivity index (χ1v) is 11.0. The van der Waals surface area contributed by atoms with E-state index in [1.807, 2.05) is 23.1 Å². The second-order valence-electron chi connectivity index (χ2n) is 9.21. The standard InChI is InChI=1S/C24H26F2N2O4/c25-18-2-1-3-19(26)23(18)32-17-9-16-11-28(13-24(16,31)10-17)12-21(29)15-4-6-20-14(8-15)5-7-22(30)27-20/h1-4,6,8,16-17,21,29,31H,5,7,9-13H2,(H,27,30)/t16-,17+,21+,24-/m1/s1. The Morgan fingerprint density at radius 3 is 2.75 bits per heavy atom. The Kier molecular flexibility index (Phi) is 5.39. The summed E-state index contributed by atoms with van der Waals surface area (Å²) in [5.74, 6) is -1.97. The highest BCUT2D eigenvalue weighted by molar-refractivity contribution is 5.93. The maximum Gasteiger partial charge on any atom is 0.224 e. The lowest BCUT2D eigenvalue weighted by Gasteiger charge is -2.25. The normalized spacial score (nSPS) is 28.2. The molecule has 3 aliphatic rings. The van der Waals surface area contributed by atoms with Crippen molar-refractivity contribution in [3.05, 3.63) is 59.2 Å². The van der Waals surface area contributed by atoms with E-state index in [0.29, 0.717) is 38.9 Å². The van der Waals surface area contributed by atoms with Crippen LogP contribution in [0.1, 0.15) is 36.5 Å². The van der Waals surface area contributed by atoms with Crippen molar-refractivity contribution in [2.45, 2.75) is 43.5 Å². The number of aliphatic hydroxyl groups is 2. The minimum absolute atomic E-state index is 0.00248. The molecule has 1 saturated heterocycles. The van der Waals surface area contributed by atoms with E-state index in [0.717, 1.165) is 28.9 Å². The van der Waals surface area contributed by atoms with E-state index in [4.69, 9.17) is 4.74 Å². The van der Waals surface area contributed by atoms with Gasteiger partial charge in [0.25, 0.3) is 0 Å². The van der Waals surface area contributed by atoms with Crippen LogP contribution in [0.3, 0.4) is 0 Å². The van der Waals surface area contributed by atoms with E-state index in [1.165, 1.54) is 6.07 Å². The summed E-state index contributed by atoms with van der Waals surface area (Å²) < 4.78 is 33.4. The largest absolute Gasteiger partial charge is 0.484 e. The number of aliphatic hydroxyl groups excluding tert-OH is 1. The van der Waals surface area contributed by atoms with Crippen molar-refractivity contribution in [1.82, 2.24) is 4.90 Å². The minimum Gasteiger partial charge on any atom is -0.484 e. The molecule has 2 aromatic carbocycles. The van der Waals surface area contributed by atoms with Crippen molar-refractivity contribution >= 4 is 11.6 Å². The first-order valence-electron chi connectivity index (χ1n) is 11.0. The number of anilines is 1. The molecule has 170 valence electrons. The number of fused-ring (bicyclic) bond motifs is 2. The van der Waals surface area contributed by atoms with Crippen molar-refractivity contribution in [2.75, 3.05) is 25.0 Å². The molecule has 1 aliphatic carbocycles. The van der Waals surface area contributed by atoms with Crippen molar-refractivity contribution < 1.29 is 28.5 Å². The van der Waals surface area contributed by atoms with Crippen LogP contribution in [0.5, 0.6) is 5.75 Å². The molecule has 8 heteroatoms. The second-order valence-corrected chi connectivity index (χ2v) is 9.21. The van der Waals surface area contributed by atoms with Gasteiger partial charge in [-0.25, -0.2) is 8.78 Å². The number of hydrogen-bond donors (Lipinski definition) is 3. The molecule has 5 rings (SSSR count). The number of hydrogen-bond acceptors (Lipinski definition) is 5. The second kappa shape index (κ2) is 8.10. The highest BCUT2D eigenvalue weighted by atomic mass is 19.1. The van der Waals surface area contributed by atoms with Crippen LogP contribution in [-0.4, -0.2) is 52.4 Å². The molecule has 2 heterocycles. The number of benzene rings is 2. The van der Waals surface area contributed by atoms with Crippen LogP contribution in [0.15, 0.2) is 36.4 Å². The van der Waals surface area contributed by atoms with Gasteiger partial charge < -0.3 is 20.3 Å².